The topological polar surface area (TPSA) is 53.1 Å². The maximum atomic E-state index is 5.66. The van der Waals surface area contributed by atoms with E-state index in [0.717, 1.165) is 17.1 Å². The van der Waals surface area contributed by atoms with Crippen LogP contribution in [0.3, 0.4) is 0 Å². The van der Waals surface area contributed by atoms with E-state index >= 15 is 0 Å². The smallest absolute Gasteiger partial charge is 0.119 e. The van der Waals surface area contributed by atoms with Gasteiger partial charge in [-0.1, -0.05) is 13.8 Å². The van der Waals surface area contributed by atoms with E-state index in [1.54, 1.807) is 7.11 Å². The molecular formula is C14H19N3O. The highest BCUT2D eigenvalue weighted by Crippen LogP contribution is 2.21. The van der Waals surface area contributed by atoms with Gasteiger partial charge in [-0.3, -0.25) is 0 Å². The second-order valence-electron chi connectivity index (χ2n) is 4.53. The lowest BCUT2D eigenvalue weighted by molar-refractivity contribution is 0.414. The summed E-state index contributed by atoms with van der Waals surface area (Å²) in [6, 6.07) is 9.93. The first-order valence-corrected chi connectivity index (χ1v) is 6.09. The van der Waals surface area contributed by atoms with Crippen LogP contribution < -0.4 is 10.5 Å². The minimum Gasteiger partial charge on any atom is -0.497 e. The van der Waals surface area contributed by atoms with Crippen molar-refractivity contribution < 1.29 is 4.74 Å². The molecule has 4 heteroatoms. The van der Waals surface area contributed by atoms with Gasteiger partial charge in [0.1, 0.15) is 5.75 Å². The predicted octanol–water partition coefficient (Wildman–Crippen LogP) is 2.46. The molecule has 4 nitrogen and oxygen atoms in total. The van der Waals surface area contributed by atoms with Crippen LogP contribution in [-0.2, 0) is 6.54 Å². The Morgan fingerprint density at radius 2 is 1.94 bits per heavy atom. The molecule has 1 aromatic carbocycles. The first-order chi connectivity index (χ1) is 8.65. The number of ether oxygens (including phenoxy) is 1. The number of hydrogen-bond acceptors (Lipinski definition) is 3. The van der Waals surface area contributed by atoms with Crippen molar-refractivity contribution in [2.75, 3.05) is 7.11 Å². The van der Waals surface area contributed by atoms with Crippen LogP contribution >= 0.6 is 0 Å². The summed E-state index contributed by atoms with van der Waals surface area (Å²) in [5, 5.41) is 4.53. The summed E-state index contributed by atoms with van der Waals surface area (Å²) < 4.78 is 7.11. The number of methoxy groups -OCH3 is 1. The second kappa shape index (κ2) is 5.23. The Balaban J connectivity index is 2.44. The summed E-state index contributed by atoms with van der Waals surface area (Å²) in [4.78, 5) is 0. The van der Waals surface area contributed by atoms with Crippen molar-refractivity contribution in [1.29, 1.82) is 0 Å². The lowest BCUT2D eigenvalue weighted by Gasteiger charge is -2.10. The zero-order chi connectivity index (χ0) is 13.1. The van der Waals surface area contributed by atoms with Crippen molar-refractivity contribution in [3.05, 3.63) is 41.7 Å². The Morgan fingerprint density at radius 1 is 1.28 bits per heavy atom. The highest BCUT2D eigenvalue weighted by molar-refractivity contribution is 5.39. The summed E-state index contributed by atoms with van der Waals surface area (Å²) in [5.41, 5.74) is 8.77. The molecule has 2 N–H and O–H groups in total. The van der Waals surface area contributed by atoms with E-state index in [-0.39, 0.29) is 0 Å². The summed E-state index contributed by atoms with van der Waals surface area (Å²) >= 11 is 0. The molecule has 0 unspecified atom stereocenters. The van der Waals surface area contributed by atoms with Gasteiger partial charge in [0.05, 0.1) is 18.5 Å². The van der Waals surface area contributed by atoms with Gasteiger partial charge in [-0.05, 0) is 36.2 Å². The number of nitrogens with two attached hydrogens (primary N) is 1. The van der Waals surface area contributed by atoms with Crippen molar-refractivity contribution in [3.63, 3.8) is 0 Å². The third-order valence-electron chi connectivity index (χ3n) is 2.91. The van der Waals surface area contributed by atoms with E-state index in [1.165, 1.54) is 5.69 Å². The van der Waals surface area contributed by atoms with Gasteiger partial charge in [0.15, 0.2) is 0 Å². The third kappa shape index (κ3) is 2.38. The lowest BCUT2D eigenvalue weighted by Crippen LogP contribution is -2.04. The van der Waals surface area contributed by atoms with E-state index in [2.05, 4.69) is 25.0 Å². The number of nitrogens with zero attached hydrogens (tertiary/aromatic N) is 2. The van der Waals surface area contributed by atoms with Crippen LogP contribution in [0.15, 0.2) is 30.3 Å². The maximum Gasteiger partial charge on any atom is 0.119 e. The fourth-order valence-electron chi connectivity index (χ4n) is 1.89. The van der Waals surface area contributed by atoms with E-state index in [0.29, 0.717) is 12.5 Å². The van der Waals surface area contributed by atoms with E-state index in [1.807, 2.05) is 28.9 Å². The molecule has 0 bridgehead atoms. The zero-order valence-electron chi connectivity index (χ0n) is 11.1. The fraction of sp³-hybridized carbons (Fsp3) is 0.357. The molecule has 0 spiro atoms. The highest BCUT2D eigenvalue weighted by Gasteiger charge is 2.11. The third-order valence-corrected chi connectivity index (χ3v) is 2.91. The van der Waals surface area contributed by atoms with E-state index in [4.69, 9.17) is 10.5 Å². The van der Waals surface area contributed by atoms with Crippen molar-refractivity contribution in [2.24, 2.45) is 5.73 Å². The van der Waals surface area contributed by atoms with Crippen LogP contribution in [0.25, 0.3) is 5.69 Å². The molecule has 1 heterocycles. The van der Waals surface area contributed by atoms with Crippen LogP contribution in [0, 0.1) is 0 Å². The van der Waals surface area contributed by atoms with Gasteiger partial charge in [0, 0.05) is 12.2 Å². The molecular weight excluding hydrogens is 226 g/mol. The Labute approximate surface area is 107 Å². The van der Waals surface area contributed by atoms with Crippen LogP contribution in [0.2, 0.25) is 0 Å². The molecule has 0 aliphatic heterocycles. The predicted molar refractivity (Wildman–Crippen MR) is 72.1 cm³/mol. The zero-order valence-corrected chi connectivity index (χ0v) is 11.1. The number of hydrogen-bond donors (Lipinski definition) is 1. The van der Waals surface area contributed by atoms with Gasteiger partial charge in [-0.25, -0.2) is 4.68 Å². The Bertz CT molecular complexity index is 514. The quantitative estimate of drug-likeness (QED) is 0.900. The molecule has 0 fully saturated rings. The number of benzene rings is 1. The van der Waals surface area contributed by atoms with Gasteiger partial charge in [-0.15, -0.1) is 0 Å². The Kier molecular flexibility index (Phi) is 3.67. The summed E-state index contributed by atoms with van der Waals surface area (Å²) in [6.45, 7) is 4.76. The molecule has 0 saturated heterocycles. The molecule has 0 amide bonds. The molecule has 2 rings (SSSR count). The van der Waals surface area contributed by atoms with Gasteiger partial charge < -0.3 is 10.5 Å². The largest absolute Gasteiger partial charge is 0.497 e. The van der Waals surface area contributed by atoms with Crippen LogP contribution in [0.5, 0.6) is 5.75 Å². The minimum absolute atomic E-state index is 0.403. The molecule has 96 valence electrons. The van der Waals surface area contributed by atoms with Gasteiger partial charge in [-0.2, -0.15) is 5.10 Å². The maximum absolute atomic E-state index is 5.66. The molecule has 0 atom stereocenters. The molecule has 1 aromatic heterocycles. The molecule has 0 aliphatic carbocycles. The fourth-order valence-corrected chi connectivity index (χ4v) is 1.89. The highest BCUT2D eigenvalue weighted by atomic mass is 16.5. The average Bonchev–Trinajstić information content (AvgIpc) is 2.83. The number of aromatic nitrogens is 2. The summed E-state index contributed by atoms with van der Waals surface area (Å²) in [7, 11) is 1.66. The monoisotopic (exact) mass is 245 g/mol. The SMILES string of the molecule is COc1ccc(-n2nc(CN)cc2C(C)C)cc1. The van der Waals surface area contributed by atoms with Crippen LogP contribution in [0.1, 0.15) is 31.2 Å². The average molecular weight is 245 g/mol. The van der Waals surface area contributed by atoms with E-state index < -0.39 is 0 Å². The standard InChI is InChI=1S/C14H19N3O/c1-10(2)14-8-11(9-15)16-17(14)12-4-6-13(18-3)7-5-12/h4-8,10H,9,15H2,1-3H3. The van der Waals surface area contributed by atoms with Crippen LogP contribution in [-0.4, -0.2) is 16.9 Å². The van der Waals surface area contributed by atoms with Crippen LogP contribution in [0.4, 0.5) is 0 Å². The van der Waals surface area contributed by atoms with Crippen molar-refractivity contribution >= 4 is 0 Å². The van der Waals surface area contributed by atoms with Crippen molar-refractivity contribution in [2.45, 2.75) is 26.3 Å². The molecule has 2 aromatic rings. The van der Waals surface area contributed by atoms with Gasteiger partial charge in [0.2, 0.25) is 0 Å². The normalized spacial score (nSPS) is 10.9. The number of rotatable bonds is 4. The van der Waals surface area contributed by atoms with Crippen molar-refractivity contribution in [1.82, 2.24) is 9.78 Å². The van der Waals surface area contributed by atoms with E-state index in [9.17, 15) is 0 Å². The summed E-state index contributed by atoms with van der Waals surface area (Å²) in [5.74, 6) is 1.25. The minimum atomic E-state index is 0.403. The molecule has 0 radical (unpaired) electrons. The first-order valence-electron chi connectivity index (χ1n) is 6.09. The van der Waals surface area contributed by atoms with Gasteiger partial charge >= 0.3 is 0 Å². The van der Waals surface area contributed by atoms with Gasteiger partial charge in [0.25, 0.3) is 0 Å². The first kappa shape index (κ1) is 12.6. The molecule has 0 saturated carbocycles. The summed E-state index contributed by atoms with van der Waals surface area (Å²) in [6.07, 6.45) is 0. The molecule has 18 heavy (non-hydrogen) atoms. The lowest BCUT2D eigenvalue weighted by atomic mass is 10.1. The van der Waals surface area contributed by atoms with Crippen molar-refractivity contribution in [3.8, 4) is 11.4 Å². The molecule has 0 aliphatic rings. The second-order valence-corrected chi connectivity index (χ2v) is 4.53. The Morgan fingerprint density at radius 3 is 2.44 bits per heavy atom. The Hall–Kier alpha value is -1.81.